The molecule has 1 fully saturated rings. The zero-order valence-electron chi connectivity index (χ0n) is 7.48. The first-order valence-electron chi connectivity index (χ1n) is 4.59. The number of hydroxylamine groups is 2. The molecule has 0 spiro atoms. The zero-order valence-corrected chi connectivity index (χ0v) is 7.48. The van der Waals surface area contributed by atoms with Gasteiger partial charge in [0.2, 0.25) is 0 Å². The Balaban J connectivity index is 2.29. The molecule has 1 heterocycles. The SMILES string of the molecule is Nc1ccccc1C1CCCN1O. The van der Waals surface area contributed by atoms with Crippen LogP contribution in [0.25, 0.3) is 0 Å². The maximum absolute atomic E-state index is 9.54. The number of para-hydroxylation sites is 1. The highest BCUT2D eigenvalue weighted by Gasteiger charge is 2.25. The number of nitrogens with two attached hydrogens (primary N) is 1. The molecule has 0 aliphatic carbocycles. The second kappa shape index (κ2) is 3.36. The van der Waals surface area contributed by atoms with Crippen molar-refractivity contribution in [3.05, 3.63) is 29.8 Å². The van der Waals surface area contributed by atoms with Crippen LogP contribution in [0, 0.1) is 0 Å². The molecule has 1 aliphatic heterocycles. The summed E-state index contributed by atoms with van der Waals surface area (Å²) in [5.41, 5.74) is 7.64. The first-order valence-corrected chi connectivity index (χ1v) is 4.59. The minimum atomic E-state index is 0.0983. The van der Waals surface area contributed by atoms with Gasteiger partial charge in [-0.25, -0.2) is 0 Å². The number of hydrogen-bond donors (Lipinski definition) is 2. The molecule has 1 aromatic carbocycles. The smallest absolute Gasteiger partial charge is 0.0620 e. The highest BCUT2D eigenvalue weighted by molar-refractivity contribution is 5.48. The van der Waals surface area contributed by atoms with Gasteiger partial charge in [-0.2, -0.15) is 5.06 Å². The standard InChI is InChI=1S/C10H14N2O/c11-9-5-2-1-4-8(9)10-6-3-7-12(10)13/h1-2,4-5,10,13H,3,6-7,11H2. The molecule has 2 rings (SSSR count). The third-order valence-corrected chi connectivity index (χ3v) is 2.58. The summed E-state index contributed by atoms with van der Waals surface area (Å²) in [7, 11) is 0. The van der Waals surface area contributed by atoms with Gasteiger partial charge in [0, 0.05) is 12.2 Å². The Morgan fingerprint density at radius 2 is 2.15 bits per heavy atom. The molecule has 0 saturated carbocycles. The largest absolute Gasteiger partial charge is 0.398 e. The van der Waals surface area contributed by atoms with E-state index in [1.165, 1.54) is 5.06 Å². The molecule has 0 amide bonds. The average molecular weight is 178 g/mol. The van der Waals surface area contributed by atoms with Gasteiger partial charge in [0.1, 0.15) is 0 Å². The van der Waals surface area contributed by atoms with Gasteiger partial charge in [-0.3, -0.25) is 0 Å². The highest BCUT2D eigenvalue weighted by Crippen LogP contribution is 2.32. The summed E-state index contributed by atoms with van der Waals surface area (Å²) < 4.78 is 0. The van der Waals surface area contributed by atoms with E-state index in [1.54, 1.807) is 0 Å². The van der Waals surface area contributed by atoms with Crippen LogP contribution in [0.3, 0.4) is 0 Å². The summed E-state index contributed by atoms with van der Waals surface area (Å²) in [6.45, 7) is 0.749. The fourth-order valence-corrected chi connectivity index (χ4v) is 1.88. The van der Waals surface area contributed by atoms with E-state index in [1.807, 2.05) is 24.3 Å². The van der Waals surface area contributed by atoms with Crippen molar-refractivity contribution in [3.63, 3.8) is 0 Å². The fraction of sp³-hybridized carbons (Fsp3) is 0.400. The zero-order chi connectivity index (χ0) is 9.26. The molecule has 1 aromatic rings. The van der Waals surface area contributed by atoms with Crippen molar-refractivity contribution in [2.75, 3.05) is 12.3 Å². The van der Waals surface area contributed by atoms with E-state index < -0.39 is 0 Å². The van der Waals surface area contributed by atoms with Crippen LogP contribution in [0.2, 0.25) is 0 Å². The third kappa shape index (κ3) is 1.53. The predicted molar refractivity (Wildman–Crippen MR) is 51.3 cm³/mol. The van der Waals surface area contributed by atoms with E-state index in [0.29, 0.717) is 0 Å². The molecule has 13 heavy (non-hydrogen) atoms. The molecule has 1 atom stereocenters. The van der Waals surface area contributed by atoms with Crippen molar-refractivity contribution in [3.8, 4) is 0 Å². The van der Waals surface area contributed by atoms with Crippen LogP contribution in [0.4, 0.5) is 5.69 Å². The maximum Gasteiger partial charge on any atom is 0.0620 e. The normalized spacial score (nSPS) is 23.6. The van der Waals surface area contributed by atoms with Crippen LogP contribution in [0.1, 0.15) is 24.4 Å². The van der Waals surface area contributed by atoms with Crippen LogP contribution >= 0.6 is 0 Å². The van der Waals surface area contributed by atoms with E-state index >= 15 is 0 Å². The quantitative estimate of drug-likeness (QED) is 0.644. The molecule has 70 valence electrons. The molecular formula is C10H14N2O. The topological polar surface area (TPSA) is 49.5 Å². The minimum Gasteiger partial charge on any atom is -0.398 e. The van der Waals surface area contributed by atoms with Gasteiger partial charge >= 0.3 is 0 Å². The van der Waals surface area contributed by atoms with Crippen molar-refractivity contribution in [2.24, 2.45) is 0 Å². The summed E-state index contributed by atoms with van der Waals surface area (Å²) in [5, 5.41) is 10.9. The Morgan fingerprint density at radius 3 is 2.77 bits per heavy atom. The highest BCUT2D eigenvalue weighted by atomic mass is 16.5. The lowest BCUT2D eigenvalue weighted by atomic mass is 10.0. The van der Waals surface area contributed by atoms with E-state index in [2.05, 4.69) is 0 Å². The number of hydrogen-bond acceptors (Lipinski definition) is 3. The molecule has 1 saturated heterocycles. The van der Waals surface area contributed by atoms with Gasteiger partial charge in [0.05, 0.1) is 6.04 Å². The molecule has 0 bridgehead atoms. The van der Waals surface area contributed by atoms with Gasteiger partial charge in [0.15, 0.2) is 0 Å². The lowest BCUT2D eigenvalue weighted by molar-refractivity contribution is -0.103. The second-order valence-corrected chi connectivity index (χ2v) is 3.45. The minimum absolute atomic E-state index is 0.0983. The van der Waals surface area contributed by atoms with Crippen molar-refractivity contribution in [1.29, 1.82) is 0 Å². The van der Waals surface area contributed by atoms with Gasteiger partial charge in [-0.05, 0) is 24.5 Å². The lowest BCUT2D eigenvalue weighted by Crippen LogP contribution is -2.19. The van der Waals surface area contributed by atoms with E-state index in [0.717, 1.165) is 30.6 Å². The molecule has 3 nitrogen and oxygen atoms in total. The number of nitrogens with zero attached hydrogens (tertiary/aromatic N) is 1. The fourth-order valence-electron chi connectivity index (χ4n) is 1.88. The number of rotatable bonds is 1. The van der Waals surface area contributed by atoms with Crippen LogP contribution in [0.15, 0.2) is 24.3 Å². The summed E-state index contributed by atoms with van der Waals surface area (Å²) in [6, 6.07) is 7.82. The Bertz CT molecular complexity index is 301. The number of anilines is 1. The summed E-state index contributed by atoms with van der Waals surface area (Å²) in [5.74, 6) is 0. The molecule has 1 unspecified atom stereocenters. The van der Waals surface area contributed by atoms with E-state index in [4.69, 9.17) is 5.73 Å². The van der Waals surface area contributed by atoms with Crippen LogP contribution in [0.5, 0.6) is 0 Å². The molecule has 3 N–H and O–H groups in total. The van der Waals surface area contributed by atoms with Crippen LogP contribution < -0.4 is 5.73 Å². The molecule has 0 radical (unpaired) electrons. The molecular weight excluding hydrogens is 164 g/mol. The Kier molecular flexibility index (Phi) is 2.20. The number of nitrogen functional groups attached to an aromatic ring is 1. The molecule has 1 aliphatic rings. The van der Waals surface area contributed by atoms with Crippen molar-refractivity contribution in [2.45, 2.75) is 18.9 Å². The van der Waals surface area contributed by atoms with Crippen LogP contribution in [-0.4, -0.2) is 16.8 Å². The lowest BCUT2D eigenvalue weighted by Gasteiger charge is -2.19. The van der Waals surface area contributed by atoms with E-state index in [9.17, 15) is 5.21 Å². The second-order valence-electron chi connectivity index (χ2n) is 3.45. The van der Waals surface area contributed by atoms with E-state index in [-0.39, 0.29) is 6.04 Å². The molecule has 3 heteroatoms. The van der Waals surface area contributed by atoms with Gasteiger partial charge in [0.25, 0.3) is 0 Å². The Hall–Kier alpha value is -1.06. The predicted octanol–water partition coefficient (Wildman–Crippen LogP) is 1.79. The summed E-state index contributed by atoms with van der Waals surface area (Å²) in [4.78, 5) is 0. The van der Waals surface area contributed by atoms with Crippen LogP contribution in [-0.2, 0) is 0 Å². The average Bonchev–Trinajstić information content (AvgIpc) is 2.52. The monoisotopic (exact) mass is 178 g/mol. The van der Waals surface area contributed by atoms with Gasteiger partial charge < -0.3 is 10.9 Å². The third-order valence-electron chi connectivity index (χ3n) is 2.58. The number of benzene rings is 1. The van der Waals surface area contributed by atoms with Crippen molar-refractivity contribution < 1.29 is 5.21 Å². The maximum atomic E-state index is 9.54. The Labute approximate surface area is 77.7 Å². The Morgan fingerprint density at radius 1 is 1.38 bits per heavy atom. The molecule has 0 aromatic heterocycles. The summed E-state index contributed by atoms with van der Waals surface area (Å²) >= 11 is 0. The van der Waals surface area contributed by atoms with Gasteiger partial charge in [-0.15, -0.1) is 0 Å². The first kappa shape index (κ1) is 8.53. The van der Waals surface area contributed by atoms with Crippen molar-refractivity contribution >= 4 is 5.69 Å². The van der Waals surface area contributed by atoms with Crippen molar-refractivity contribution in [1.82, 2.24) is 5.06 Å². The summed E-state index contributed by atoms with van der Waals surface area (Å²) in [6.07, 6.45) is 2.03. The first-order chi connectivity index (χ1) is 6.29. The van der Waals surface area contributed by atoms with Gasteiger partial charge in [-0.1, -0.05) is 18.2 Å².